The maximum Gasteiger partial charge on any atom is 0.407 e. The summed E-state index contributed by atoms with van der Waals surface area (Å²) in [6.45, 7) is 4.71. The molecular weight excluding hydrogens is 258 g/mol. The number of hydrogen-bond acceptors (Lipinski definition) is 3. The largest absolute Gasteiger partial charge is 0.478 e. The van der Waals surface area contributed by atoms with Crippen molar-refractivity contribution in [3.8, 4) is 0 Å². The lowest BCUT2D eigenvalue weighted by Crippen LogP contribution is -2.25. The molecule has 1 amide bonds. The van der Waals surface area contributed by atoms with Crippen LogP contribution in [0.1, 0.15) is 25.0 Å². The van der Waals surface area contributed by atoms with E-state index >= 15 is 0 Å². The predicted molar refractivity (Wildman–Crippen MR) is 76.1 cm³/mol. The van der Waals surface area contributed by atoms with Crippen molar-refractivity contribution in [1.82, 2.24) is 5.32 Å². The van der Waals surface area contributed by atoms with Gasteiger partial charge in [-0.15, -0.1) is 0 Å². The zero-order valence-electron chi connectivity index (χ0n) is 11.6. The molecule has 5 nitrogen and oxygen atoms in total. The summed E-state index contributed by atoms with van der Waals surface area (Å²) in [5, 5.41) is 11.2. The fourth-order valence-corrected chi connectivity index (χ4v) is 1.38. The first-order valence-electron chi connectivity index (χ1n) is 6.38. The van der Waals surface area contributed by atoms with Gasteiger partial charge in [-0.2, -0.15) is 0 Å². The lowest BCUT2D eigenvalue weighted by Gasteiger charge is -2.08. The molecule has 1 aromatic carbocycles. The molecular formula is C15H19NO4. The smallest absolute Gasteiger partial charge is 0.407 e. The van der Waals surface area contributed by atoms with Crippen molar-refractivity contribution in [3.63, 3.8) is 0 Å². The number of ether oxygens (including phenoxy) is 1. The van der Waals surface area contributed by atoms with Gasteiger partial charge < -0.3 is 15.2 Å². The SMILES string of the molecule is CC(C)COC(=O)NCc1ccc(C=CC(=O)O)cc1. The first-order chi connectivity index (χ1) is 9.47. The van der Waals surface area contributed by atoms with E-state index in [9.17, 15) is 9.59 Å². The third kappa shape index (κ3) is 6.58. The minimum atomic E-state index is -0.983. The van der Waals surface area contributed by atoms with Crippen LogP contribution in [0.15, 0.2) is 30.3 Å². The van der Waals surface area contributed by atoms with E-state index in [-0.39, 0.29) is 0 Å². The highest BCUT2D eigenvalue weighted by Crippen LogP contribution is 2.06. The topological polar surface area (TPSA) is 75.6 Å². The summed E-state index contributed by atoms with van der Waals surface area (Å²) < 4.78 is 4.99. The first-order valence-corrected chi connectivity index (χ1v) is 6.38. The van der Waals surface area contributed by atoms with Gasteiger partial charge in [-0.3, -0.25) is 0 Å². The molecule has 20 heavy (non-hydrogen) atoms. The van der Waals surface area contributed by atoms with Gasteiger partial charge in [-0.25, -0.2) is 9.59 Å². The van der Waals surface area contributed by atoms with E-state index in [2.05, 4.69) is 5.32 Å². The number of hydrogen-bond donors (Lipinski definition) is 2. The van der Waals surface area contributed by atoms with E-state index < -0.39 is 12.1 Å². The highest BCUT2D eigenvalue weighted by molar-refractivity contribution is 5.85. The maximum atomic E-state index is 11.4. The maximum absolute atomic E-state index is 11.4. The minimum absolute atomic E-state index is 0.307. The number of rotatable bonds is 6. The summed E-state index contributed by atoms with van der Waals surface area (Å²) >= 11 is 0. The van der Waals surface area contributed by atoms with E-state index in [0.29, 0.717) is 19.1 Å². The van der Waals surface area contributed by atoms with Crippen LogP contribution < -0.4 is 5.32 Å². The molecule has 0 bridgehead atoms. The number of carbonyl (C=O) groups excluding carboxylic acids is 1. The molecule has 1 rings (SSSR count). The molecule has 0 saturated carbocycles. The summed E-state index contributed by atoms with van der Waals surface area (Å²) in [5.41, 5.74) is 1.71. The van der Waals surface area contributed by atoms with Gasteiger partial charge in [-0.05, 0) is 23.1 Å². The van der Waals surface area contributed by atoms with Crippen molar-refractivity contribution in [2.45, 2.75) is 20.4 Å². The lowest BCUT2D eigenvalue weighted by atomic mass is 10.1. The quantitative estimate of drug-likeness (QED) is 0.784. The number of carbonyl (C=O) groups is 2. The van der Waals surface area contributed by atoms with Crippen LogP contribution in [0.25, 0.3) is 6.08 Å². The van der Waals surface area contributed by atoms with Crippen molar-refractivity contribution in [2.24, 2.45) is 5.92 Å². The molecule has 0 spiro atoms. The van der Waals surface area contributed by atoms with E-state index in [0.717, 1.165) is 17.2 Å². The normalized spacial score (nSPS) is 10.8. The highest BCUT2D eigenvalue weighted by Gasteiger charge is 2.03. The second-order valence-corrected chi connectivity index (χ2v) is 4.76. The number of carboxylic acids is 1. The molecule has 0 atom stereocenters. The molecule has 0 aliphatic carbocycles. The number of amides is 1. The zero-order chi connectivity index (χ0) is 15.0. The molecule has 0 saturated heterocycles. The molecule has 5 heteroatoms. The Bertz CT molecular complexity index is 477. The number of alkyl carbamates (subject to hydrolysis) is 1. The van der Waals surface area contributed by atoms with Gasteiger partial charge in [-0.1, -0.05) is 38.1 Å². The second kappa shape index (κ2) is 7.99. The second-order valence-electron chi connectivity index (χ2n) is 4.76. The van der Waals surface area contributed by atoms with Crippen LogP contribution in [0.4, 0.5) is 4.79 Å². The Balaban J connectivity index is 2.42. The van der Waals surface area contributed by atoms with Crippen molar-refractivity contribution in [1.29, 1.82) is 0 Å². The zero-order valence-corrected chi connectivity index (χ0v) is 11.6. The van der Waals surface area contributed by atoms with E-state index in [1.54, 1.807) is 12.1 Å². The molecule has 1 aromatic rings. The van der Waals surface area contributed by atoms with Crippen LogP contribution in [-0.4, -0.2) is 23.8 Å². The van der Waals surface area contributed by atoms with E-state index in [1.165, 1.54) is 6.08 Å². The number of benzene rings is 1. The molecule has 2 N–H and O–H groups in total. The van der Waals surface area contributed by atoms with Crippen LogP contribution in [0.2, 0.25) is 0 Å². The van der Waals surface area contributed by atoms with Gasteiger partial charge in [0.05, 0.1) is 6.61 Å². The van der Waals surface area contributed by atoms with Gasteiger partial charge in [0.25, 0.3) is 0 Å². The Morgan fingerprint density at radius 3 is 2.50 bits per heavy atom. The van der Waals surface area contributed by atoms with Gasteiger partial charge in [0.15, 0.2) is 0 Å². The first kappa shape index (κ1) is 15.8. The molecule has 0 aliphatic rings. The van der Waals surface area contributed by atoms with Crippen molar-refractivity contribution < 1.29 is 19.4 Å². The average molecular weight is 277 g/mol. The molecule has 0 radical (unpaired) electrons. The third-order valence-electron chi connectivity index (χ3n) is 2.38. The van der Waals surface area contributed by atoms with Crippen LogP contribution >= 0.6 is 0 Å². The van der Waals surface area contributed by atoms with Crippen molar-refractivity contribution in [3.05, 3.63) is 41.5 Å². The van der Waals surface area contributed by atoms with E-state index in [1.807, 2.05) is 26.0 Å². The van der Waals surface area contributed by atoms with Gasteiger partial charge in [0, 0.05) is 12.6 Å². The molecule has 0 aromatic heterocycles. The molecule has 0 aliphatic heterocycles. The summed E-state index contributed by atoms with van der Waals surface area (Å²) in [7, 11) is 0. The van der Waals surface area contributed by atoms with Crippen LogP contribution in [0, 0.1) is 5.92 Å². The highest BCUT2D eigenvalue weighted by atomic mass is 16.5. The number of nitrogens with one attached hydrogen (secondary N) is 1. The summed E-state index contributed by atoms with van der Waals surface area (Å²) in [6, 6.07) is 7.22. The van der Waals surface area contributed by atoms with Crippen molar-refractivity contribution in [2.75, 3.05) is 6.61 Å². The fourth-order valence-electron chi connectivity index (χ4n) is 1.38. The Morgan fingerprint density at radius 1 is 1.30 bits per heavy atom. The summed E-state index contributed by atoms with van der Waals surface area (Å²) in [5.74, 6) is -0.676. The molecule has 0 fully saturated rings. The van der Waals surface area contributed by atoms with Gasteiger partial charge in [0.2, 0.25) is 0 Å². The minimum Gasteiger partial charge on any atom is -0.478 e. The standard InChI is InChI=1S/C15H19NO4/c1-11(2)10-20-15(19)16-9-13-5-3-12(4-6-13)7-8-14(17)18/h3-8,11H,9-10H2,1-2H3,(H,16,19)(H,17,18). The van der Waals surface area contributed by atoms with Crippen LogP contribution in [-0.2, 0) is 16.1 Å². The lowest BCUT2D eigenvalue weighted by molar-refractivity contribution is -0.131. The summed E-state index contributed by atoms with van der Waals surface area (Å²) in [6.07, 6.45) is 2.15. The average Bonchev–Trinajstić information content (AvgIpc) is 2.41. The van der Waals surface area contributed by atoms with E-state index in [4.69, 9.17) is 9.84 Å². The molecule has 108 valence electrons. The number of aliphatic carboxylic acids is 1. The summed E-state index contributed by atoms with van der Waals surface area (Å²) in [4.78, 5) is 21.7. The Labute approximate surface area is 118 Å². The van der Waals surface area contributed by atoms with Crippen molar-refractivity contribution >= 4 is 18.1 Å². The third-order valence-corrected chi connectivity index (χ3v) is 2.38. The van der Waals surface area contributed by atoms with Gasteiger partial charge in [0.1, 0.15) is 0 Å². The Hall–Kier alpha value is -2.30. The Morgan fingerprint density at radius 2 is 1.95 bits per heavy atom. The molecule has 0 unspecified atom stereocenters. The Kier molecular flexibility index (Phi) is 6.29. The number of carboxylic acid groups (broad SMARTS) is 1. The van der Waals surface area contributed by atoms with Gasteiger partial charge >= 0.3 is 12.1 Å². The van der Waals surface area contributed by atoms with Crippen LogP contribution in [0.3, 0.4) is 0 Å². The molecule has 0 heterocycles. The predicted octanol–water partition coefficient (Wildman–Crippen LogP) is 2.67. The monoisotopic (exact) mass is 277 g/mol. The fraction of sp³-hybridized carbons (Fsp3) is 0.333. The van der Waals surface area contributed by atoms with Crippen LogP contribution in [0.5, 0.6) is 0 Å².